The van der Waals surface area contributed by atoms with Gasteiger partial charge >= 0.3 is 0 Å². The summed E-state index contributed by atoms with van der Waals surface area (Å²) in [5.74, 6) is 0.565. The Kier molecular flexibility index (Phi) is 4.50. The van der Waals surface area contributed by atoms with Crippen molar-refractivity contribution in [1.82, 2.24) is 20.1 Å². The second-order valence-electron chi connectivity index (χ2n) is 7.08. The van der Waals surface area contributed by atoms with Crippen LogP contribution in [0.25, 0.3) is 5.82 Å². The van der Waals surface area contributed by atoms with Gasteiger partial charge in [0, 0.05) is 30.9 Å². The van der Waals surface area contributed by atoms with Crippen molar-refractivity contribution in [2.45, 2.75) is 44.8 Å². The van der Waals surface area contributed by atoms with Crippen molar-refractivity contribution in [3.8, 4) is 5.82 Å². The van der Waals surface area contributed by atoms with Gasteiger partial charge in [0.1, 0.15) is 0 Å². The summed E-state index contributed by atoms with van der Waals surface area (Å²) in [5.41, 5.74) is 1.17. The summed E-state index contributed by atoms with van der Waals surface area (Å²) in [5, 5.41) is 17.8. The highest BCUT2D eigenvalue weighted by atomic mass is 16.5. The van der Waals surface area contributed by atoms with E-state index in [0.29, 0.717) is 37.4 Å². The molecule has 2 aliphatic rings. The van der Waals surface area contributed by atoms with Gasteiger partial charge in [0.05, 0.1) is 23.6 Å². The summed E-state index contributed by atoms with van der Waals surface area (Å²) in [7, 11) is 0. The van der Waals surface area contributed by atoms with Crippen LogP contribution in [0, 0.1) is 5.41 Å². The summed E-state index contributed by atoms with van der Waals surface area (Å²) >= 11 is 0. The number of carbonyl (C=O) groups excluding carboxylic acids is 1. The molecule has 0 radical (unpaired) electrons. The minimum Gasteiger partial charge on any atom is -0.392 e. The molecule has 7 heteroatoms. The van der Waals surface area contributed by atoms with Crippen molar-refractivity contribution in [2.24, 2.45) is 5.41 Å². The highest BCUT2D eigenvalue weighted by molar-refractivity contribution is 5.95. The van der Waals surface area contributed by atoms with Gasteiger partial charge in [-0.3, -0.25) is 4.79 Å². The first-order chi connectivity index (χ1) is 12.7. The summed E-state index contributed by atoms with van der Waals surface area (Å²) in [4.78, 5) is 17.2. The van der Waals surface area contributed by atoms with Crippen molar-refractivity contribution in [2.75, 3.05) is 13.2 Å². The van der Waals surface area contributed by atoms with Crippen LogP contribution in [0.5, 0.6) is 0 Å². The Labute approximate surface area is 152 Å². The zero-order valence-electron chi connectivity index (χ0n) is 14.9. The standard InChI is InChI=1S/C19H24N4O3/c1-2-14-13(12-21-23(14)17-5-3-4-8-20-17)18(25)22-15-11-16(24)19(15)6-9-26-10-7-19/h3-5,8,12,15-16,24H,2,6-7,9-11H2,1H3,(H,22,25)/t15-,16-/m1/s1. The Morgan fingerprint density at radius 2 is 2.23 bits per heavy atom. The third-order valence-corrected chi connectivity index (χ3v) is 5.86. The number of hydrogen-bond acceptors (Lipinski definition) is 5. The highest BCUT2D eigenvalue weighted by Gasteiger charge is 2.55. The molecule has 2 N–H and O–H groups in total. The number of rotatable bonds is 4. The fourth-order valence-corrected chi connectivity index (χ4v) is 4.22. The number of pyridine rings is 1. The molecular weight excluding hydrogens is 332 g/mol. The fraction of sp³-hybridized carbons (Fsp3) is 0.526. The molecule has 2 aromatic rings. The predicted octanol–water partition coefficient (Wildman–Crippen LogP) is 1.49. The Hall–Kier alpha value is -2.25. The number of aliphatic hydroxyl groups excluding tert-OH is 1. The predicted molar refractivity (Wildman–Crippen MR) is 95.1 cm³/mol. The Balaban J connectivity index is 1.55. The Bertz CT molecular complexity index is 783. The topological polar surface area (TPSA) is 89.3 Å². The van der Waals surface area contributed by atoms with Gasteiger partial charge in [-0.1, -0.05) is 13.0 Å². The molecule has 1 saturated carbocycles. The summed E-state index contributed by atoms with van der Waals surface area (Å²) in [6.07, 6.45) is 5.79. The van der Waals surface area contributed by atoms with E-state index in [1.165, 1.54) is 0 Å². The minimum atomic E-state index is -0.362. The average Bonchev–Trinajstić information content (AvgIpc) is 3.13. The molecule has 138 valence electrons. The molecule has 2 aromatic heterocycles. The molecule has 26 heavy (non-hydrogen) atoms. The van der Waals surface area contributed by atoms with Crippen molar-refractivity contribution in [3.63, 3.8) is 0 Å². The molecule has 3 heterocycles. The van der Waals surface area contributed by atoms with E-state index in [1.807, 2.05) is 25.1 Å². The molecule has 1 aliphatic carbocycles. The van der Waals surface area contributed by atoms with E-state index in [9.17, 15) is 9.90 Å². The lowest BCUT2D eigenvalue weighted by molar-refractivity contribution is -0.145. The first-order valence-corrected chi connectivity index (χ1v) is 9.20. The lowest BCUT2D eigenvalue weighted by Crippen LogP contribution is -2.65. The number of nitrogens with one attached hydrogen (secondary N) is 1. The van der Waals surface area contributed by atoms with Gasteiger partial charge in [-0.2, -0.15) is 5.10 Å². The van der Waals surface area contributed by atoms with Crippen LogP contribution in [0.15, 0.2) is 30.6 Å². The molecule has 1 aliphatic heterocycles. The summed E-state index contributed by atoms with van der Waals surface area (Å²) in [6.45, 7) is 3.28. The van der Waals surface area contributed by atoms with Gasteiger partial charge in [0.15, 0.2) is 5.82 Å². The highest BCUT2D eigenvalue weighted by Crippen LogP contribution is 2.49. The monoisotopic (exact) mass is 356 g/mol. The number of carbonyl (C=O) groups is 1. The van der Waals surface area contributed by atoms with Crippen LogP contribution >= 0.6 is 0 Å². The zero-order chi connectivity index (χ0) is 18.1. The SMILES string of the molecule is CCc1c(C(=O)N[C@@H]2C[C@@H](O)C23CCOCC3)cnn1-c1ccccn1. The molecule has 2 fully saturated rings. The van der Waals surface area contributed by atoms with Gasteiger partial charge in [-0.15, -0.1) is 0 Å². The van der Waals surface area contributed by atoms with Crippen LogP contribution in [0.1, 0.15) is 42.2 Å². The van der Waals surface area contributed by atoms with E-state index >= 15 is 0 Å². The van der Waals surface area contributed by atoms with E-state index < -0.39 is 0 Å². The molecule has 4 rings (SSSR count). The average molecular weight is 356 g/mol. The van der Waals surface area contributed by atoms with E-state index in [1.54, 1.807) is 17.1 Å². The molecule has 1 amide bonds. The molecule has 2 atom stereocenters. The number of amides is 1. The zero-order valence-corrected chi connectivity index (χ0v) is 14.9. The van der Waals surface area contributed by atoms with Crippen molar-refractivity contribution < 1.29 is 14.6 Å². The van der Waals surface area contributed by atoms with E-state index in [-0.39, 0.29) is 23.5 Å². The molecule has 0 bridgehead atoms. The maximum absolute atomic E-state index is 12.9. The first kappa shape index (κ1) is 17.2. The second-order valence-corrected chi connectivity index (χ2v) is 7.08. The summed E-state index contributed by atoms with van der Waals surface area (Å²) < 4.78 is 7.15. The van der Waals surface area contributed by atoms with Gasteiger partial charge in [-0.25, -0.2) is 9.67 Å². The Morgan fingerprint density at radius 1 is 1.42 bits per heavy atom. The molecule has 1 saturated heterocycles. The first-order valence-electron chi connectivity index (χ1n) is 9.20. The van der Waals surface area contributed by atoms with Gasteiger partial charge in [0.2, 0.25) is 0 Å². The van der Waals surface area contributed by atoms with Crippen LogP contribution < -0.4 is 5.32 Å². The smallest absolute Gasteiger partial charge is 0.255 e. The van der Waals surface area contributed by atoms with Gasteiger partial charge in [0.25, 0.3) is 5.91 Å². The van der Waals surface area contributed by atoms with Crippen LogP contribution in [0.3, 0.4) is 0 Å². The normalized spacial score (nSPS) is 24.2. The number of nitrogens with zero attached hydrogens (tertiary/aromatic N) is 3. The number of aromatic nitrogens is 3. The minimum absolute atomic E-state index is 0.0168. The van der Waals surface area contributed by atoms with Crippen LogP contribution in [-0.2, 0) is 11.2 Å². The largest absolute Gasteiger partial charge is 0.392 e. The van der Waals surface area contributed by atoms with Crippen LogP contribution in [0.2, 0.25) is 0 Å². The van der Waals surface area contributed by atoms with Gasteiger partial charge in [-0.05, 0) is 37.8 Å². The molecule has 0 aromatic carbocycles. The van der Waals surface area contributed by atoms with E-state index in [4.69, 9.17) is 4.74 Å². The van der Waals surface area contributed by atoms with E-state index in [0.717, 1.165) is 18.5 Å². The number of aliphatic hydroxyl groups is 1. The second kappa shape index (κ2) is 6.81. The molecular formula is C19H24N4O3. The third kappa shape index (κ3) is 2.71. The third-order valence-electron chi connectivity index (χ3n) is 5.86. The quantitative estimate of drug-likeness (QED) is 0.866. The summed E-state index contributed by atoms with van der Waals surface area (Å²) in [6, 6.07) is 5.60. The molecule has 7 nitrogen and oxygen atoms in total. The van der Waals surface area contributed by atoms with Gasteiger partial charge < -0.3 is 15.2 Å². The number of hydrogen-bond donors (Lipinski definition) is 2. The lowest BCUT2D eigenvalue weighted by Gasteiger charge is -2.55. The Morgan fingerprint density at radius 3 is 2.88 bits per heavy atom. The maximum atomic E-state index is 12.9. The van der Waals surface area contributed by atoms with Crippen molar-refractivity contribution in [3.05, 3.63) is 41.9 Å². The lowest BCUT2D eigenvalue weighted by atomic mass is 9.58. The van der Waals surface area contributed by atoms with E-state index in [2.05, 4.69) is 15.4 Å². The number of ether oxygens (including phenoxy) is 1. The molecule has 0 unspecified atom stereocenters. The fourth-order valence-electron chi connectivity index (χ4n) is 4.22. The van der Waals surface area contributed by atoms with Crippen molar-refractivity contribution in [1.29, 1.82) is 0 Å². The van der Waals surface area contributed by atoms with Crippen molar-refractivity contribution >= 4 is 5.91 Å². The molecule has 1 spiro atoms. The van der Waals surface area contributed by atoms with Crippen LogP contribution in [0.4, 0.5) is 0 Å². The van der Waals surface area contributed by atoms with Crippen LogP contribution in [-0.4, -0.2) is 51.1 Å². The maximum Gasteiger partial charge on any atom is 0.255 e.